The normalized spacial score (nSPS) is 12.1. The number of aliphatic hydroxyl groups excluding tert-OH is 1. The molecular weight excluding hydrogens is 208 g/mol. The predicted molar refractivity (Wildman–Crippen MR) is 63.7 cm³/mol. The molecular formula is C12H14O2S. The van der Waals surface area contributed by atoms with E-state index in [-0.39, 0.29) is 10.7 Å². The molecule has 0 aliphatic carbocycles. The van der Waals surface area contributed by atoms with E-state index in [1.165, 1.54) is 0 Å². The standard InChI is InChI=1S/C12H14O2S/c1-3-15-12(14)9(2)11(13)10-7-5-4-6-8-10/h4-8,11,13H,2-3H2,1H3. The van der Waals surface area contributed by atoms with Crippen LogP contribution in [0.2, 0.25) is 0 Å². The third kappa shape index (κ3) is 3.22. The Morgan fingerprint density at radius 1 is 1.47 bits per heavy atom. The molecule has 2 nitrogen and oxygen atoms in total. The van der Waals surface area contributed by atoms with E-state index in [0.717, 1.165) is 11.8 Å². The molecule has 1 atom stereocenters. The lowest BCUT2D eigenvalue weighted by Crippen LogP contribution is -2.07. The summed E-state index contributed by atoms with van der Waals surface area (Å²) in [5.74, 6) is 0.694. The van der Waals surface area contributed by atoms with E-state index in [1.807, 2.05) is 25.1 Å². The second-order valence-electron chi connectivity index (χ2n) is 3.06. The van der Waals surface area contributed by atoms with E-state index >= 15 is 0 Å². The van der Waals surface area contributed by atoms with Gasteiger partial charge in [0.25, 0.3) is 0 Å². The SMILES string of the molecule is C=C(C(=O)SCC)C(O)c1ccccc1. The Kier molecular flexibility index (Phi) is 4.59. The second-order valence-corrected chi connectivity index (χ2v) is 4.30. The highest BCUT2D eigenvalue weighted by Gasteiger charge is 2.17. The van der Waals surface area contributed by atoms with Crippen molar-refractivity contribution in [1.29, 1.82) is 0 Å². The Balaban J connectivity index is 2.73. The molecule has 0 heterocycles. The van der Waals surface area contributed by atoms with Gasteiger partial charge in [0, 0.05) is 5.57 Å². The molecule has 0 saturated heterocycles. The van der Waals surface area contributed by atoms with Crippen molar-refractivity contribution in [3.8, 4) is 0 Å². The average Bonchev–Trinajstić information content (AvgIpc) is 2.28. The second kappa shape index (κ2) is 5.73. The Morgan fingerprint density at radius 2 is 2.07 bits per heavy atom. The van der Waals surface area contributed by atoms with Crippen LogP contribution in [0.5, 0.6) is 0 Å². The zero-order chi connectivity index (χ0) is 11.3. The summed E-state index contributed by atoms with van der Waals surface area (Å²) in [7, 11) is 0. The average molecular weight is 222 g/mol. The van der Waals surface area contributed by atoms with Crippen molar-refractivity contribution in [2.45, 2.75) is 13.0 Å². The quantitative estimate of drug-likeness (QED) is 0.795. The molecule has 1 rings (SSSR count). The molecule has 0 aliphatic heterocycles. The molecule has 15 heavy (non-hydrogen) atoms. The predicted octanol–water partition coefficient (Wildman–Crippen LogP) is 2.56. The van der Waals surface area contributed by atoms with Gasteiger partial charge in [-0.3, -0.25) is 4.79 Å². The summed E-state index contributed by atoms with van der Waals surface area (Å²) in [5, 5.41) is 9.71. The fraction of sp³-hybridized carbons (Fsp3) is 0.250. The highest BCUT2D eigenvalue weighted by Crippen LogP contribution is 2.23. The van der Waals surface area contributed by atoms with Gasteiger partial charge in [0.2, 0.25) is 5.12 Å². The van der Waals surface area contributed by atoms with E-state index in [4.69, 9.17) is 0 Å². The Hall–Kier alpha value is -1.06. The maximum Gasteiger partial charge on any atom is 0.217 e. The molecule has 0 spiro atoms. The number of hydrogen-bond acceptors (Lipinski definition) is 3. The molecule has 0 fully saturated rings. The van der Waals surface area contributed by atoms with Gasteiger partial charge in [0.1, 0.15) is 6.10 Å². The van der Waals surface area contributed by atoms with Crippen molar-refractivity contribution < 1.29 is 9.90 Å². The van der Waals surface area contributed by atoms with E-state index < -0.39 is 6.10 Å². The molecule has 1 unspecified atom stereocenters. The van der Waals surface area contributed by atoms with Gasteiger partial charge in [-0.05, 0) is 11.3 Å². The van der Waals surface area contributed by atoms with Crippen molar-refractivity contribution in [3.63, 3.8) is 0 Å². The summed E-state index contributed by atoms with van der Waals surface area (Å²) in [6.07, 6.45) is -0.891. The molecule has 0 aliphatic rings. The fourth-order valence-corrected chi connectivity index (χ4v) is 1.73. The van der Waals surface area contributed by atoms with Gasteiger partial charge in [-0.25, -0.2) is 0 Å². The van der Waals surface area contributed by atoms with Crippen molar-refractivity contribution >= 4 is 16.9 Å². The van der Waals surface area contributed by atoms with Gasteiger partial charge >= 0.3 is 0 Å². The Morgan fingerprint density at radius 3 is 2.60 bits per heavy atom. The molecule has 0 saturated carbocycles. The zero-order valence-corrected chi connectivity index (χ0v) is 9.46. The summed E-state index contributed by atoms with van der Waals surface area (Å²) in [6, 6.07) is 9.06. The topological polar surface area (TPSA) is 37.3 Å². The lowest BCUT2D eigenvalue weighted by atomic mass is 10.0. The minimum absolute atomic E-state index is 0.145. The van der Waals surface area contributed by atoms with Crippen LogP contribution in [0.3, 0.4) is 0 Å². The van der Waals surface area contributed by atoms with Gasteiger partial charge in [-0.2, -0.15) is 0 Å². The number of hydrogen-bond donors (Lipinski definition) is 1. The molecule has 80 valence electrons. The summed E-state index contributed by atoms with van der Waals surface area (Å²) in [5.41, 5.74) is 0.945. The largest absolute Gasteiger partial charge is 0.384 e. The van der Waals surface area contributed by atoms with Crippen LogP contribution in [0.4, 0.5) is 0 Å². The number of thioether (sulfide) groups is 1. The highest BCUT2D eigenvalue weighted by molar-refractivity contribution is 8.14. The van der Waals surface area contributed by atoms with Crippen LogP contribution in [0.15, 0.2) is 42.5 Å². The molecule has 1 N–H and O–H groups in total. The third-order valence-corrected chi connectivity index (χ3v) is 2.80. The van der Waals surface area contributed by atoms with E-state index in [2.05, 4.69) is 6.58 Å². The number of rotatable bonds is 4. The molecule has 0 radical (unpaired) electrons. The van der Waals surface area contributed by atoms with Crippen LogP contribution in [-0.4, -0.2) is 16.0 Å². The van der Waals surface area contributed by atoms with E-state index in [1.54, 1.807) is 12.1 Å². The number of carbonyl (C=O) groups excluding carboxylic acids is 1. The van der Waals surface area contributed by atoms with Crippen LogP contribution >= 0.6 is 11.8 Å². The van der Waals surface area contributed by atoms with Gasteiger partial charge < -0.3 is 5.11 Å². The minimum Gasteiger partial charge on any atom is -0.384 e. The molecule has 0 aromatic heterocycles. The first-order valence-corrected chi connectivity index (χ1v) is 5.74. The van der Waals surface area contributed by atoms with Crippen LogP contribution in [0.25, 0.3) is 0 Å². The minimum atomic E-state index is -0.891. The van der Waals surface area contributed by atoms with E-state index in [9.17, 15) is 9.90 Å². The fourth-order valence-electron chi connectivity index (χ4n) is 1.17. The van der Waals surface area contributed by atoms with Crippen LogP contribution in [0, 0.1) is 0 Å². The first-order valence-electron chi connectivity index (χ1n) is 4.75. The smallest absolute Gasteiger partial charge is 0.217 e. The van der Waals surface area contributed by atoms with Crippen molar-refractivity contribution in [3.05, 3.63) is 48.0 Å². The Labute approximate surface area is 94.0 Å². The highest BCUT2D eigenvalue weighted by atomic mass is 32.2. The van der Waals surface area contributed by atoms with Crippen LogP contribution in [-0.2, 0) is 4.79 Å². The van der Waals surface area contributed by atoms with Gasteiger partial charge in [0.05, 0.1) is 0 Å². The van der Waals surface area contributed by atoms with Crippen molar-refractivity contribution in [2.24, 2.45) is 0 Å². The maximum absolute atomic E-state index is 11.5. The number of benzene rings is 1. The van der Waals surface area contributed by atoms with Crippen LogP contribution < -0.4 is 0 Å². The lowest BCUT2D eigenvalue weighted by Gasteiger charge is -2.12. The van der Waals surface area contributed by atoms with E-state index in [0.29, 0.717) is 11.3 Å². The number of aliphatic hydroxyl groups is 1. The molecule has 1 aromatic rings. The Bertz CT molecular complexity index is 346. The van der Waals surface area contributed by atoms with Crippen LogP contribution in [0.1, 0.15) is 18.6 Å². The summed E-state index contributed by atoms with van der Waals surface area (Å²) >= 11 is 1.16. The summed E-state index contributed by atoms with van der Waals surface area (Å²) in [6.45, 7) is 5.52. The number of carbonyl (C=O) groups is 1. The first kappa shape index (κ1) is 12.0. The third-order valence-electron chi connectivity index (χ3n) is 1.98. The molecule has 0 amide bonds. The first-order chi connectivity index (χ1) is 7.16. The van der Waals surface area contributed by atoms with Gasteiger partial charge in [0.15, 0.2) is 0 Å². The zero-order valence-electron chi connectivity index (χ0n) is 8.64. The van der Waals surface area contributed by atoms with Gasteiger partial charge in [-0.1, -0.05) is 55.6 Å². The summed E-state index contributed by atoms with van der Waals surface area (Å²) in [4.78, 5) is 11.5. The van der Waals surface area contributed by atoms with Crippen molar-refractivity contribution in [2.75, 3.05) is 5.75 Å². The molecule has 3 heteroatoms. The van der Waals surface area contributed by atoms with Gasteiger partial charge in [-0.15, -0.1) is 0 Å². The molecule has 1 aromatic carbocycles. The maximum atomic E-state index is 11.5. The van der Waals surface area contributed by atoms with Crippen molar-refractivity contribution in [1.82, 2.24) is 0 Å². The summed E-state index contributed by atoms with van der Waals surface area (Å²) < 4.78 is 0. The lowest BCUT2D eigenvalue weighted by molar-refractivity contribution is -0.108. The monoisotopic (exact) mass is 222 g/mol. The molecule has 0 bridgehead atoms.